The van der Waals surface area contributed by atoms with E-state index < -0.39 is 127 Å². The standard InChI is InChI=1S/C10H14N2O7.C10H14N2O6.C9H12N2O6/c1-18-4-2-12(10(17)11-8(4)16)9-7(15)6(14)5(3-13)19-9;1-12-2-4(9(16)11-10(12)17)8-7(15)6(14)5(3-13)18-8;12-2-4-5(13)6(14)7(17-4)3-1-10-9(16)11-8(3)15/h2,5-7,9,13-15H,3H2,1H3,(H,11,16,17);2,5-8,13-15H,3H2,1H3,(H,11,16,17);1,4-7,12-14H,2H2,(H2,10,11,15,16)/t5-,6-,7-,9-;5-,6-,7-,8+;4-,5-,6-,7+/m111/s1. The molecule has 3 fully saturated rings. The molecule has 0 unspecified atom stereocenters. The maximum absolute atomic E-state index is 11.7. The third-order valence-corrected chi connectivity index (χ3v) is 8.63. The van der Waals surface area contributed by atoms with Gasteiger partial charge in [-0.1, -0.05) is 0 Å². The molecule has 3 aliphatic heterocycles. The van der Waals surface area contributed by atoms with Crippen molar-refractivity contribution in [3.05, 3.63) is 92.2 Å². The van der Waals surface area contributed by atoms with Crippen LogP contribution in [0.4, 0.5) is 0 Å². The zero-order valence-electron chi connectivity index (χ0n) is 28.3. The molecule has 3 aliphatic rings. The number of hydrogen-bond donors (Lipinski definition) is 13. The van der Waals surface area contributed by atoms with Crippen LogP contribution in [0.5, 0.6) is 5.75 Å². The van der Waals surface area contributed by atoms with Crippen molar-refractivity contribution >= 4 is 0 Å². The van der Waals surface area contributed by atoms with Gasteiger partial charge in [-0.25, -0.2) is 14.4 Å². The first kappa shape index (κ1) is 42.1. The lowest BCUT2D eigenvalue weighted by atomic mass is 10.0. The second kappa shape index (κ2) is 17.7. The summed E-state index contributed by atoms with van der Waals surface area (Å²) in [4.78, 5) is 76.4. The van der Waals surface area contributed by atoms with Crippen LogP contribution in [0.25, 0.3) is 0 Å². The molecule has 6 heterocycles. The van der Waals surface area contributed by atoms with Gasteiger partial charge in [0.15, 0.2) is 6.23 Å². The summed E-state index contributed by atoms with van der Waals surface area (Å²) in [5.41, 5.74) is -4.17. The van der Waals surface area contributed by atoms with Gasteiger partial charge in [-0.05, 0) is 0 Å². The molecule has 54 heavy (non-hydrogen) atoms. The van der Waals surface area contributed by atoms with E-state index in [9.17, 15) is 59.4 Å². The Morgan fingerprint density at radius 2 is 1.11 bits per heavy atom. The number of nitrogens with zero attached hydrogens (tertiary/aromatic N) is 2. The molecule has 3 aromatic rings. The lowest BCUT2D eigenvalue weighted by Gasteiger charge is -2.17. The summed E-state index contributed by atoms with van der Waals surface area (Å²) >= 11 is 0. The second-order valence-electron chi connectivity index (χ2n) is 12.1. The highest BCUT2D eigenvalue weighted by Crippen LogP contribution is 2.32. The zero-order chi connectivity index (χ0) is 40.2. The lowest BCUT2D eigenvalue weighted by molar-refractivity contribution is -0.0552. The Labute approximate surface area is 299 Å². The number of methoxy groups -OCH3 is 1. The maximum Gasteiger partial charge on any atom is 0.330 e. The van der Waals surface area contributed by atoms with E-state index in [1.165, 1.54) is 20.4 Å². The van der Waals surface area contributed by atoms with Crippen molar-refractivity contribution in [1.29, 1.82) is 0 Å². The van der Waals surface area contributed by atoms with Crippen LogP contribution in [-0.2, 0) is 21.3 Å². The van der Waals surface area contributed by atoms with Crippen LogP contribution in [0.2, 0.25) is 0 Å². The van der Waals surface area contributed by atoms with Crippen molar-refractivity contribution < 1.29 is 64.9 Å². The van der Waals surface area contributed by atoms with Crippen LogP contribution < -0.4 is 38.5 Å². The number of aliphatic hydroxyl groups is 9. The second-order valence-corrected chi connectivity index (χ2v) is 12.1. The van der Waals surface area contributed by atoms with Crippen LogP contribution in [-0.4, -0.2) is 157 Å². The largest absolute Gasteiger partial charge is 0.490 e. The minimum atomic E-state index is -1.41. The molecule has 12 atom stereocenters. The molecule has 0 saturated carbocycles. The predicted molar refractivity (Wildman–Crippen MR) is 174 cm³/mol. The summed E-state index contributed by atoms with van der Waals surface area (Å²) in [7, 11) is 2.68. The minimum absolute atomic E-state index is 0.00731. The Hall–Kier alpha value is -4.64. The van der Waals surface area contributed by atoms with Gasteiger partial charge in [0.05, 0.1) is 44.3 Å². The number of rotatable bonds is 7. The van der Waals surface area contributed by atoms with Crippen molar-refractivity contribution in [3.8, 4) is 5.75 Å². The van der Waals surface area contributed by atoms with Gasteiger partial charge in [0.25, 0.3) is 16.7 Å². The van der Waals surface area contributed by atoms with E-state index >= 15 is 0 Å². The van der Waals surface area contributed by atoms with Crippen LogP contribution in [0, 0.1) is 0 Å². The van der Waals surface area contributed by atoms with Gasteiger partial charge in [-0.15, -0.1) is 0 Å². The van der Waals surface area contributed by atoms with Gasteiger partial charge >= 0.3 is 17.1 Å². The Kier molecular flexibility index (Phi) is 13.8. The number of hydrogen-bond acceptors (Lipinski definition) is 19. The third-order valence-electron chi connectivity index (χ3n) is 8.63. The van der Waals surface area contributed by atoms with E-state index in [2.05, 4.69) is 9.97 Å². The number of aromatic amines is 4. The first-order valence-electron chi connectivity index (χ1n) is 15.9. The summed E-state index contributed by atoms with van der Waals surface area (Å²) in [5, 5.41) is 84.8. The molecule has 0 amide bonds. The fourth-order valence-corrected chi connectivity index (χ4v) is 5.64. The highest BCUT2D eigenvalue weighted by atomic mass is 16.6. The van der Waals surface area contributed by atoms with Gasteiger partial charge in [0.2, 0.25) is 5.75 Å². The summed E-state index contributed by atoms with van der Waals surface area (Å²) in [6.07, 6.45) is -10.9. The fraction of sp³-hybridized carbons (Fsp3) is 0.586. The number of H-pyrrole nitrogens is 4. The number of nitrogens with one attached hydrogen (secondary N) is 4. The fourth-order valence-electron chi connectivity index (χ4n) is 5.64. The van der Waals surface area contributed by atoms with Crippen LogP contribution in [0.15, 0.2) is 47.4 Å². The van der Waals surface area contributed by atoms with E-state index in [1.54, 1.807) is 0 Å². The molecule has 13 N–H and O–H groups in total. The van der Waals surface area contributed by atoms with Crippen molar-refractivity contribution in [3.63, 3.8) is 0 Å². The first-order valence-corrected chi connectivity index (χ1v) is 15.9. The Balaban J connectivity index is 0.000000181. The highest BCUT2D eigenvalue weighted by molar-refractivity contribution is 5.15. The minimum Gasteiger partial charge on any atom is -0.490 e. The number of ether oxygens (including phenoxy) is 4. The topological polar surface area (TPSA) is 394 Å². The van der Waals surface area contributed by atoms with E-state index in [1.807, 2.05) is 9.97 Å². The van der Waals surface area contributed by atoms with E-state index in [4.69, 9.17) is 34.3 Å². The van der Waals surface area contributed by atoms with Gasteiger partial charge < -0.3 is 74.5 Å². The maximum atomic E-state index is 11.7. The average Bonchev–Trinajstić information content (AvgIpc) is 3.71. The molecule has 25 heteroatoms. The van der Waals surface area contributed by atoms with Crippen molar-refractivity contribution in [2.45, 2.75) is 73.4 Å². The van der Waals surface area contributed by atoms with Gasteiger partial charge in [-0.3, -0.25) is 33.9 Å². The van der Waals surface area contributed by atoms with Crippen molar-refractivity contribution in [2.24, 2.45) is 7.05 Å². The van der Waals surface area contributed by atoms with Gasteiger partial charge in [0, 0.05) is 19.4 Å². The molecule has 6 rings (SSSR count). The van der Waals surface area contributed by atoms with E-state index in [-0.39, 0.29) is 16.9 Å². The first-order chi connectivity index (χ1) is 25.5. The molecule has 0 aliphatic carbocycles. The van der Waals surface area contributed by atoms with Crippen molar-refractivity contribution in [2.75, 3.05) is 26.9 Å². The SMILES string of the molecule is COc1cn([C@@H]2O[C@H](CO)[C@@H](O)[C@H]2O)c(=O)[nH]c1=O.Cn1cc([C@@H]2O[C@H](CO)[C@@H](O)[C@H]2O)c(=O)[nH]c1=O.O=c1[nH]cc([C@@H]2O[C@H](CO)[C@@H](O)[C@H]2O)c(=O)[nH]1. The van der Waals surface area contributed by atoms with Gasteiger partial charge in [0.1, 0.15) is 67.1 Å². The molecule has 0 spiro atoms. The number of aromatic nitrogens is 6. The predicted octanol–water partition coefficient (Wildman–Crippen LogP) is -8.40. The monoisotopic (exact) mass is 776 g/mol. The summed E-state index contributed by atoms with van der Waals surface area (Å²) in [6.45, 7) is -1.46. The summed E-state index contributed by atoms with van der Waals surface area (Å²) in [5.74, 6) is -0.141. The molecule has 3 aromatic heterocycles. The molecule has 300 valence electrons. The highest BCUT2D eigenvalue weighted by Gasteiger charge is 2.46. The number of aryl methyl sites for hydroxylation is 1. The quantitative estimate of drug-likeness (QED) is 0.106. The van der Waals surface area contributed by atoms with Crippen LogP contribution in [0.1, 0.15) is 29.6 Å². The summed E-state index contributed by atoms with van der Waals surface area (Å²) in [6, 6.07) is 0. The zero-order valence-corrected chi connectivity index (χ0v) is 28.3. The molecular weight excluding hydrogens is 736 g/mol. The Bertz CT molecular complexity index is 2090. The van der Waals surface area contributed by atoms with E-state index in [0.717, 1.165) is 21.5 Å². The number of aliphatic hydroxyl groups excluding tert-OH is 9. The normalized spacial score (nSPS) is 31.7. The van der Waals surface area contributed by atoms with Crippen LogP contribution in [0.3, 0.4) is 0 Å². The summed E-state index contributed by atoms with van der Waals surface area (Å²) < 4.78 is 22.3. The average molecular weight is 777 g/mol. The van der Waals surface area contributed by atoms with Crippen LogP contribution >= 0.6 is 0 Å². The molecule has 0 radical (unpaired) electrons. The molecule has 0 aromatic carbocycles. The Morgan fingerprint density at radius 1 is 0.630 bits per heavy atom. The van der Waals surface area contributed by atoms with Gasteiger partial charge in [-0.2, -0.15) is 0 Å². The lowest BCUT2D eigenvalue weighted by Crippen LogP contribution is -2.38. The van der Waals surface area contributed by atoms with Crippen molar-refractivity contribution in [1.82, 2.24) is 29.1 Å². The molecular formula is C29H40N6O19. The molecule has 0 bridgehead atoms. The molecule has 25 nitrogen and oxygen atoms in total. The Morgan fingerprint density at radius 3 is 1.59 bits per heavy atom. The third kappa shape index (κ3) is 8.67. The smallest absolute Gasteiger partial charge is 0.330 e. The molecule has 3 saturated heterocycles. The van der Waals surface area contributed by atoms with E-state index in [0.29, 0.717) is 0 Å².